The fourth-order valence-electron chi connectivity index (χ4n) is 2.93. The zero-order valence-electron chi connectivity index (χ0n) is 12.1. The van der Waals surface area contributed by atoms with E-state index < -0.39 is 0 Å². The lowest BCUT2D eigenvalue weighted by molar-refractivity contribution is 0.0327. The van der Waals surface area contributed by atoms with Gasteiger partial charge >= 0.3 is 0 Å². The lowest BCUT2D eigenvalue weighted by Gasteiger charge is -2.29. The Bertz CT molecular complexity index is 671. The van der Waals surface area contributed by atoms with E-state index in [1.54, 1.807) is 6.20 Å². The van der Waals surface area contributed by atoms with E-state index in [0.717, 1.165) is 55.0 Å². The van der Waals surface area contributed by atoms with Gasteiger partial charge in [0, 0.05) is 43.3 Å². The van der Waals surface area contributed by atoms with E-state index in [-0.39, 0.29) is 0 Å². The van der Waals surface area contributed by atoms with Gasteiger partial charge in [-0.05, 0) is 12.1 Å². The van der Waals surface area contributed by atoms with Gasteiger partial charge in [0.15, 0.2) is 5.16 Å². The normalized spacial score (nSPS) is 22.0. The summed E-state index contributed by atoms with van der Waals surface area (Å²) in [7, 11) is 0. The Morgan fingerprint density at radius 3 is 3.05 bits per heavy atom. The van der Waals surface area contributed by atoms with E-state index in [1.807, 2.05) is 23.9 Å². The second-order valence-corrected chi connectivity index (χ2v) is 6.88. The molecule has 2 aromatic rings. The number of morpholine rings is 1. The summed E-state index contributed by atoms with van der Waals surface area (Å²) >= 11 is 8.00. The van der Waals surface area contributed by atoms with Gasteiger partial charge < -0.3 is 9.30 Å². The van der Waals surface area contributed by atoms with Crippen molar-refractivity contribution in [2.24, 2.45) is 0 Å². The Hall–Kier alpha value is -1.08. The van der Waals surface area contributed by atoms with Crippen molar-refractivity contribution in [3.8, 4) is 11.3 Å². The SMILES string of the molecule is Clc1ncccc1-c1cn2c(n1)SCC2CN1CCOCC1. The van der Waals surface area contributed by atoms with Crippen LogP contribution in [-0.4, -0.2) is 58.0 Å². The van der Waals surface area contributed by atoms with E-state index in [1.165, 1.54) is 0 Å². The summed E-state index contributed by atoms with van der Waals surface area (Å²) < 4.78 is 7.71. The first-order chi connectivity index (χ1) is 10.8. The molecule has 0 N–H and O–H groups in total. The van der Waals surface area contributed by atoms with Gasteiger partial charge in [0.2, 0.25) is 0 Å². The van der Waals surface area contributed by atoms with E-state index in [2.05, 4.69) is 20.6 Å². The molecule has 7 heteroatoms. The minimum absolute atomic E-state index is 0.467. The molecule has 1 saturated heterocycles. The van der Waals surface area contributed by atoms with E-state index in [0.29, 0.717) is 11.2 Å². The summed E-state index contributed by atoms with van der Waals surface area (Å²) in [6.07, 6.45) is 3.81. The number of thioether (sulfide) groups is 1. The average molecular weight is 337 g/mol. The van der Waals surface area contributed by atoms with Crippen molar-refractivity contribution >= 4 is 23.4 Å². The predicted octanol–water partition coefficient (Wildman–Crippen LogP) is 2.58. The summed E-state index contributed by atoms with van der Waals surface area (Å²) in [5.41, 5.74) is 1.81. The van der Waals surface area contributed by atoms with Crippen LogP contribution in [0.15, 0.2) is 29.7 Å². The monoisotopic (exact) mass is 336 g/mol. The van der Waals surface area contributed by atoms with Crippen LogP contribution in [-0.2, 0) is 4.74 Å². The zero-order chi connectivity index (χ0) is 14.9. The minimum atomic E-state index is 0.467. The van der Waals surface area contributed by atoms with Gasteiger partial charge in [-0.2, -0.15) is 0 Å². The maximum absolute atomic E-state index is 6.18. The molecule has 2 aliphatic heterocycles. The number of nitrogens with zero attached hydrogens (tertiary/aromatic N) is 4. The fourth-order valence-corrected chi connectivity index (χ4v) is 4.26. The molecule has 1 atom stereocenters. The summed E-state index contributed by atoms with van der Waals surface area (Å²) in [4.78, 5) is 11.3. The first kappa shape index (κ1) is 14.5. The Morgan fingerprint density at radius 2 is 2.23 bits per heavy atom. The molecule has 4 heterocycles. The van der Waals surface area contributed by atoms with Crippen molar-refractivity contribution in [2.75, 3.05) is 38.6 Å². The Labute approximate surface area is 138 Å². The van der Waals surface area contributed by atoms with Gasteiger partial charge in [0.1, 0.15) is 5.15 Å². The first-order valence-electron chi connectivity index (χ1n) is 7.44. The van der Waals surface area contributed by atoms with Gasteiger partial charge in [-0.1, -0.05) is 23.4 Å². The predicted molar refractivity (Wildman–Crippen MR) is 87.5 cm³/mol. The maximum Gasteiger partial charge on any atom is 0.168 e. The summed E-state index contributed by atoms with van der Waals surface area (Å²) in [5, 5.41) is 1.59. The third kappa shape index (κ3) is 2.76. The van der Waals surface area contributed by atoms with E-state index >= 15 is 0 Å². The van der Waals surface area contributed by atoms with Crippen molar-refractivity contribution in [3.63, 3.8) is 0 Å². The molecule has 4 rings (SSSR count). The van der Waals surface area contributed by atoms with Crippen LogP contribution in [0, 0.1) is 0 Å². The van der Waals surface area contributed by atoms with Gasteiger partial charge in [-0.25, -0.2) is 9.97 Å². The van der Waals surface area contributed by atoms with Crippen LogP contribution in [0.3, 0.4) is 0 Å². The number of pyridine rings is 1. The molecule has 22 heavy (non-hydrogen) atoms. The molecule has 0 aromatic carbocycles. The Kier molecular flexibility index (Phi) is 4.09. The van der Waals surface area contributed by atoms with E-state index in [9.17, 15) is 0 Å². The van der Waals surface area contributed by atoms with Crippen LogP contribution >= 0.6 is 23.4 Å². The number of fused-ring (bicyclic) bond motifs is 1. The van der Waals surface area contributed by atoms with Crippen LogP contribution in [0.4, 0.5) is 0 Å². The lowest BCUT2D eigenvalue weighted by Crippen LogP contribution is -2.39. The zero-order valence-corrected chi connectivity index (χ0v) is 13.7. The van der Waals surface area contributed by atoms with Crippen LogP contribution in [0.25, 0.3) is 11.3 Å². The molecule has 0 spiro atoms. The van der Waals surface area contributed by atoms with Crippen LogP contribution < -0.4 is 0 Å². The van der Waals surface area contributed by atoms with Crippen LogP contribution in [0.2, 0.25) is 5.15 Å². The van der Waals surface area contributed by atoms with Gasteiger partial charge in [0.25, 0.3) is 0 Å². The van der Waals surface area contributed by atoms with Gasteiger partial charge in [-0.3, -0.25) is 4.90 Å². The smallest absolute Gasteiger partial charge is 0.168 e. The molecule has 0 bridgehead atoms. The number of imidazole rings is 1. The second-order valence-electron chi connectivity index (χ2n) is 5.54. The molecule has 2 aromatic heterocycles. The summed E-state index contributed by atoms with van der Waals surface area (Å²) in [5.74, 6) is 1.08. The summed E-state index contributed by atoms with van der Waals surface area (Å²) in [6.45, 7) is 4.78. The van der Waals surface area contributed by atoms with Crippen molar-refractivity contribution in [1.29, 1.82) is 0 Å². The standard InChI is InChI=1S/C15H17ClN4OS/c16-14-12(2-1-3-17-14)13-9-20-11(10-22-15(20)18-13)8-19-4-6-21-7-5-19/h1-3,9,11H,4-8,10H2. The highest BCUT2D eigenvalue weighted by Gasteiger charge is 2.27. The number of hydrogen-bond acceptors (Lipinski definition) is 5. The topological polar surface area (TPSA) is 43.2 Å². The molecular weight excluding hydrogens is 320 g/mol. The Morgan fingerprint density at radius 1 is 1.36 bits per heavy atom. The quantitative estimate of drug-likeness (QED) is 0.806. The third-order valence-corrected chi connectivity index (χ3v) is 5.52. The summed E-state index contributed by atoms with van der Waals surface area (Å²) in [6, 6.07) is 4.33. The number of aromatic nitrogens is 3. The fraction of sp³-hybridized carbons (Fsp3) is 0.467. The third-order valence-electron chi connectivity index (χ3n) is 4.10. The lowest BCUT2D eigenvalue weighted by atomic mass is 10.2. The van der Waals surface area contributed by atoms with Crippen molar-refractivity contribution in [3.05, 3.63) is 29.7 Å². The van der Waals surface area contributed by atoms with Gasteiger partial charge in [-0.15, -0.1) is 0 Å². The molecular formula is C15H17ClN4OS. The van der Waals surface area contributed by atoms with Crippen LogP contribution in [0.1, 0.15) is 6.04 Å². The minimum Gasteiger partial charge on any atom is -0.379 e. The highest BCUT2D eigenvalue weighted by molar-refractivity contribution is 7.99. The first-order valence-corrected chi connectivity index (χ1v) is 8.80. The van der Waals surface area contributed by atoms with E-state index in [4.69, 9.17) is 21.3 Å². The largest absolute Gasteiger partial charge is 0.379 e. The number of halogens is 1. The van der Waals surface area contributed by atoms with Crippen molar-refractivity contribution in [1.82, 2.24) is 19.4 Å². The van der Waals surface area contributed by atoms with Crippen molar-refractivity contribution < 1.29 is 4.74 Å². The molecule has 0 aliphatic carbocycles. The number of hydrogen-bond donors (Lipinski definition) is 0. The molecule has 0 radical (unpaired) electrons. The highest BCUT2D eigenvalue weighted by atomic mass is 35.5. The molecule has 2 aliphatic rings. The second kappa shape index (κ2) is 6.20. The molecule has 0 amide bonds. The molecule has 116 valence electrons. The average Bonchev–Trinajstić information content (AvgIpc) is 3.11. The van der Waals surface area contributed by atoms with Crippen molar-refractivity contribution in [2.45, 2.75) is 11.2 Å². The molecule has 1 unspecified atom stereocenters. The molecule has 1 fully saturated rings. The highest BCUT2D eigenvalue weighted by Crippen LogP contribution is 2.36. The molecule has 5 nitrogen and oxygen atoms in total. The Balaban J connectivity index is 1.56. The number of ether oxygens (including phenoxy) is 1. The van der Waals surface area contributed by atoms with Gasteiger partial charge in [0.05, 0.1) is 24.9 Å². The number of rotatable bonds is 3. The van der Waals surface area contributed by atoms with Crippen LogP contribution in [0.5, 0.6) is 0 Å². The maximum atomic E-state index is 6.18. The molecule has 0 saturated carbocycles.